The van der Waals surface area contributed by atoms with E-state index in [-0.39, 0.29) is 17.4 Å². The summed E-state index contributed by atoms with van der Waals surface area (Å²) in [4.78, 5) is 11.6. The van der Waals surface area contributed by atoms with Gasteiger partial charge in [-0.2, -0.15) is 0 Å². The third-order valence-electron chi connectivity index (χ3n) is 2.98. The highest BCUT2D eigenvalue weighted by Gasteiger charge is 2.30. The fourth-order valence-electron chi connectivity index (χ4n) is 1.29. The van der Waals surface area contributed by atoms with E-state index < -0.39 is 0 Å². The molecule has 1 amide bonds. The minimum absolute atomic E-state index is 0.191. The molecule has 13 heavy (non-hydrogen) atoms. The van der Waals surface area contributed by atoms with Gasteiger partial charge in [-0.3, -0.25) is 4.79 Å². The first-order valence-corrected chi connectivity index (χ1v) is 5.53. The summed E-state index contributed by atoms with van der Waals surface area (Å²) in [5.41, 5.74) is -0.214. The van der Waals surface area contributed by atoms with Gasteiger partial charge in [-0.25, -0.2) is 0 Å². The lowest BCUT2D eigenvalue weighted by Crippen LogP contribution is -2.50. The van der Waals surface area contributed by atoms with Crippen LogP contribution in [0.3, 0.4) is 0 Å². The first kappa shape index (κ1) is 10.8. The maximum Gasteiger partial charge on any atom is 0.223 e. The maximum atomic E-state index is 11.6. The van der Waals surface area contributed by atoms with Crippen LogP contribution in [0.25, 0.3) is 0 Å². The largest absolute Gasteiger partial charge is 0.350 e. The van der Waals surface area contributed by atoms with Crippen molar-refractivity contribution in [1.29, 1.82) is 0 Å². The number of nitrogens with one attached hydrogen (secondary N) is 1. The highest BCUT2D eigenvalue weighted by Crippen LogP contribution is 2.27. The molecule has 1 aliphatic rings. The smallest absolute Gasteiger partial charge is 0.223 e. The predicted molar refractivity (Wildman–Crippen MR) is 54.9 cm³/mol. The standard InChI is InChI=1S/C10H18ClNO/c1-3-10(2,7-11)12-9(13)8-5-4-6-8/h8H,3-7H2,1-2H3,(H,12,13). The zero-order valence-corrected chi connectivity index (χ0v) is 9.16. The monoisotopic (exact) mass is 203 g/mol. The van der Waals surface area contributed by atoms with Crippen LogP contribution in [0.4, 0.5) is 0 Å². The second-order valence-electron chi connectivity index (χ2n) is 4.16. The Balaban J connectivity index is 2.40. The Hall–Kier alpha value is -0.240. The van der Waals surface area contributed by atoms with Crippen LogP contribution in [0, 0.1) is 5.92 Å². The summed E-state index contributed by atoms with van der Waals surface area (Å²) in [7, 11) is 0. The molecule has 1 fully saturated rings. The van der Waals surface area contributed by atoms with Gasteiger partial charge in [0.15, 0.2) is 0 Å². The van der Waals surface area contributed by atoms with E-state index in [1.807, 2.05) is 13.8 Å². The summed E-state index contributed by atoms with van der Waals surface area (Å²) < 4.78 is 0. The molecule has 0 heterocycles. The van der Waals surface area contributed by atoms with E-state index in [1.54, 1.807) is 0 Å². The molecule has 0 bridgehead atoms. The summed E-state index contributed by atoms with van der Waals surface area (Å²) in [5.74, 6) is 0.937. The molecule has 0 radical (unpaired) electrons. The highest BCUT2D eigenvalue weighted by atomic mass is 35.5. The van der Waals surface area contributed by atoms with Crippen molar-refractivity contribution in [2.75, 3.05) is 5.88 Å². The summed E-state index contributed by atoms with van der Waals surface area (Å²) in [6, 6.07) is 0. The van der Waals surface area contributed by atoms with Crippen molar-refractivity contribution < 1.29 is 4.79 Å². The summed E-state index contributed by atoms with van der Waals surface area (Å²) >= 11 is 5.80. The highest BCUT2D eigenvalue weighted by molar-refractivity contribution is 6.18. The molecule has 0 spiro atoms. The Labute approximate surface area is 85.0 Å². The summed E-state index contributed by atoms with van der Waals surface area (Å²) in [6.07, 6.45) is 4.18. The molecule has 0 aliphatic heterocycles. The summed E-state index contributed by atoms with van der Waals surface area (Å²) in [6.45, 7) is 4.04. The quantitative estimate of drug-likeness (QED) is 0.699. The van der Waals surface area contributed by atoms with Gasteiger partial charge in [0.1, 0.15) is 0 Å². The molecule has 1 atom stereocenters. The van der Waals surface area contributed by atoms with Crippen LogP contribution in [0.1, 0.15) is 39.5 Å². The van der Waals surface area contributed by atoms with Crippen LogP contribution < -0.4 is 5.32 Å². The number of hydrogen-bond donors (Lipinski definition) is 1. The van der Waals surface area contributed by atoms with E-state index in [1.165, 1.54) is 6.42 Å². The van der Waals surface area contributed by atoms with Crippen molar-refractivity contribution >= 4 is 17.5 Å². The molecule has 1 unspecified atom stereocenters. The van der Waals surface area contributed by atoms with Gasteiger partial charge >= 0.3 is 0 Å². The van der Waals surface area contributed by atoms with Gasteiger partial charge < -0.3 is 5.32 Å². The van der Waals surface area contributed by atoms with Crippen LogP contribution >= 0.6 is 11.6 Å². The Kier molecular flexibility index (Phi) is 3.60. The SMILES string of the molecule is CCC(C)(CCl)NC(=O)C1CCC1. The molecule has 1 saturated carbocycles. The number of carbonyl (C=O) groups excluding carboxylic acids is 1. The molecular weight excluding hydrogens is 186 g/mol. The molecular formula is C10H18ClNO. The zero-order valence-electron chi connectivity index (χ0n) is 8.40. The molecule has 76 valence electrons. The molecule has 3 heteroatoms. The second kappa shape index (κ2) is 4.32. The van der Waals surface area contributed by atoms with Crippen LogP contribution in [-0.2, 0) is 4.79 Å². The van der Waals surface area contributed by atoms with E-state index in [0.29, 0.717) is 5.88 Å². The number of amides is 1. The third-order valence-corrected chi connectivity index (χ3v) is 3.57. The van der Waals surface area contributed by atoms with Crippen molar-refractivity contribution in [2.24, 2.45) is 5.92 Å². The van der Waals surface area contributed by atoms with Crippen molar-refractivity contribution in [1.82, 2.24) is 5.32 Å². The van der Waals surface area contributed by atoms with Gasteiger partial charge in [0, 0.05) is 11.8 Å². The Bertz CT molecular complexity index is 185. The molecule has 1 aliphatic carbocycles. The van der Waals surface area contributed by atoms with Crippen LogP contribution in [0.5, 0.6) is 0 Å². The van der Waals surface area contributed by atoms with Crippen molar-refractivity contribution in [3.05, 3.63) is 0 Å². The summed E-state index contributed by atoms with van der Waals surface area (Å²) in [5, 5.41) is 3.02. The lowest BCUT2D eigenvalue weighted by Gasteiger charge is -2.32. The third kappa shape index (κ3) is 2.60. The van der Waals surface area contributed by atoms with E-state index in [2.05, 4.69) is 5.32 Å². The molecule has 0 aromatic carbocycles. The van der Waals surface area contributed by atoms with Crippen molar-refractivity contribution in [3.63, 3.8) is 0 Å². The zero-order chi connectivity index (χ0) is 9.90. The van der Waals surface area contributed by atoms with E-state index in [9.17, 15) is 4.79 Å². The Morgan fingerprint density at radius 2 is 2.23 bits per heavy atom. The van der Waals surface area contributed by atoms with Gasteiger partial charge in [0.05, 0.1) is 5.54 Å². The Morgan fingerprint density at radius 3 is 2.54 bits per heavy atom. The average molecular weight is 204 g/mol. The van der Waals surface area contributed by atoms with Gasteiger partial charge in [-0.15, -0.1) is 11.6 Å². The van der Waals surface area contributed by atoms with Crippen LogP contribution in [-0.4, -0.2) is 17.3 Å². The lowest BCUT2D eigenvalue weighted by molar-refractivity contribution is -0.129. The van der Waals surface area contributed by atoms with E-state index >= 15 is 0 Å². The molecule has 0 aromatic rings. The number of carbonyl (C=O) groups is 1. The first-order valence-electron chi connectivity index (χ1n) is 4.99. The van der Waals surface area contributed by atoms with Crippen LogP contribution in [0.2, 0.25) is 0 Å². The Morgan fingerprint density at radius 1 is 1.62 bits per heavy atom. The molecule has 0 aromatic heterocycles. The van der Waals surface area contributed by atoms with E-state index in [0.717, 1.165) is 19.3 Å². The van der Waals surface area contributed by atoms with Gasteiger partial charge in [0.25, 0.3) is 0 Å². The fraction of sp³-hybridized carbons (Fsp3) is 0.900. The fourth-order valence-corrected chi connectivity index (χ4v) is 1.54. The van der Waals surface area contributed by atoms with Gasteiger partial charge in [0.2, 0.25) is 5.91 Å². The van der Waals surface area contributed by atoms with E-state index in [4.69, 9.17) is 11.6 Å². The molecule has 1 N–H and O–H groups in total. The second-order valence-corrected chi connectivity index (χ2v) is 4.43. The number of alkyl halides is 1. The number of rotatable bonds is 4. The molecule has 1 rings (SSSR count). The first-order chi connectivity index (χ1) is 6.11. The van der Waals surface area contributed by atoms with Crippen molar-refractivity contribution in [2.45, 2.75) is 45.1 Å². The average Bonchev–Trinajstić information content (AvgIpc) is 2.01. The predicted octanol–water partition coefficient (Wildman–Crippen LogP) is 2.31. The van der Waals surface area contributed by atoms with Gasteiger partial charge in [-0.05, 0) is 26.2 Å². The van der Waals surface area contributed by atoms with Gasteiger partial charge in [-0.1, -0.05) is 13.3 Å². The number of hydrogen-bond acceptors (Lipinski definition) is 1. The molecule has 2 nitrogen and oxygen atoms in total. The normalized spacial score (nSPS) is 21.8. The lowest BCUT2D eigenvalue weighted by atomic mass is 9.84. The minimum atomic E-state index is -0.214. The van der Waals surface area contributed by atoms with Crippen molar-refractivity contribution in [3.8, 4) is 0 Å². The maximum absolute atomic E-state index is 11.6. The van der Waals surface area contributed by atoms with Crippen LogP contribution in [0.15, 0.2) is 0 Å². The number of halogens is 1. The minimum Gasteiger partial charge on any atom is -0.350 e. The topological polar surface area (TPSA) is 29.1 Å². The molecule has 0 saturated heterocycles.